The molecule has 88 valence electrons. The van der Waals surface area contributed by atoms with E-state index in [1.807, 2.05) is 31.2 Å². The van der Waals surface area contributed by atoms with Gasteiger partial charge in [-0.2, -0.15) is 0 Å². The van der Waals surface area contributed by atoms with Gasteiger partial charge in [0.1, 0.15) is 0 Å². The SMILES string of the molecule is CCC(C)NC(=O)c1cccc(CCN)c1. The van der Waals surface area contributed by atoms with Crippen molar-refractivity contribution in [1.29, 1.82) is 0 Å². The monoisotopic (exact) mass is 220 g/mol. The quantitative estimate of drug-likeness (QED) is 0.793. The van der Waals surface area contributed by atoms with Crippen LogP contribution in [0.15, 0.2) is 24.3 Å². The van der Waals surface area contributed by atoms with Crippen molar-refractivity contribution in [2.75, 3.05) is 6.54 Å². The molecule has 1 atom stereocenters. The Bertz CT molecular complexity index is 350. The Kier molecular flexibility index (Phi) is 4.99. The van der Waals surface area contributed by atoms with Gasteiger partial charge in [0.05, 0.1) is 0 Å². The molecule has 0 spiro atoms. The van der Waals surface area contributed by atoms with E-state index in [1.165, 1.54) is 0 Å². The lowest BCUT2D eigenvalue weighted by atomic mass is 10.1. The second-order valence-corrected chi connectivity index (χ2v) is 4.02. The average Bonchev–Trinajstić information content (AvgIpc) is 2.29. The molecule has 3 heteroatoms. The molecule has 1 aromatic carbocycles. The number of hydrogen-bond donors (Lipinski definition) is 2. The van der Waals surface area contributed by atoms with Crippen molar-refractivity contribution in [3.63, 3.8) is 0 Å². The smallest absolute Gasteiger partial charge is 0.251 e. The van der Waals surface area contributed by atoms with Crippen molar-refractivity contribution in [2.24, 2.45) is 5.73 Å². The minimum Gasteiger partial charge on any atom is -0.350 e. The highest BCUT2D eigenvalue weighted by Crippen LogP contribution is 2.06. The Morgan fingerprint density at radius 1 is 1.50 bits per heavy atom. The van der Waals surface area contributed by atoms with Crippen LogP contribution in [-0.4, -0.2) is 18.5 Å². The summed E-state index contributed by atoms with van der Waals surface area (Å²) in [6.07, 6.45) is 1.75. The second kappa shape index (κ2) is 6.28. The third kappa shape index (κ3) is 3.66. The number of rotatable bonds is 5. The Balaban J connectivity index is 2.71. The van der Waals surface area contributed by atoms with Gasteiger partial charge in [-0.15, -0.1) is 0 Å². The number of carbonyl (C=O) groups is 1. The number of hydrogen-bond acceptors (Lipinski definition) is 2. The molecule has 0 bridgehead atoms. The maximum absolute atomic E-state index is 11.8. The Labute approximate surface area is 97.0 Å². The predicted molar refractivity (Wildman–Crippen MR) is 66.4 cm³/mol. The molecule has 1 amide bonds. The predicted octanol–water partition coefficient (Wildman–Crippen LogP) is 1.72. The van der Waals surface area contributed by atoms with Crippen molar-refractivity contribution in [1.82, 2.24) is 5.32 Å². The van der Waals surface area contributed by atoms with Gasteiger partial charge in [0, 0.05) is 11.6 Å². The summed E-state index contributed by atoms with van der Waals surface area (Å²) in [5, 5.41) is 2.94. The van der Waals surface area contributed by atoms with Crippen LogP contribution in [0.3, 0.4) is 0 Å². The molecule has 0 saturated carbocycles. The molecule has 16 heavy (non-hydrogen) atoms. The molecule has 0 saturated heterocycles. The maximum Gasteiger partial charge on any atom is 0.251 e. The molecule has 0 aromatic heterocycles. The summed E-state index contributed by atoms with van der Waals surface area (Å²) >= 11 is 0. The van der Waals surface area contributed by atoms with Gasteiger partial charge in [-0.05, 0) is 44.0 Å². The van der Waals surface area contributed by atoms with Gasteiger partial charge in [-0.25, -0.2) is 0 Å². The number of benzene rings is 1. The summed E-state index contributed by atoms with van der Waals surface area (Å²) in [6, 6.07) is 7.84. The van der Waals surface area contributed by atoms with Gasteiger partial charge >= 0.3 is 0 Å². The highest BCUT2D eigenvalue weighted by atomic mass is 16.1. The number of carbonyl (C=O) groups excluding carboxylic acids is 1. The lowest BCUT2D eigenvalue weighted by Gasteiger charge is -2.11. The van der Waals surface area contributed by atoms with E-state index in [1.54, 1.807) is 0 Å². The van der Waals surface area contributed by atoms with E-state index in [0.29, 0.717) is 12.1 Å². The molecular weight excluding hydrogens is 200 g/mol. The van der Waals surface area contributed by atoms with E-state index in [0.717, 1.165) is 18.4 Å². The standard InChI is InChI=1S/C13H20N2O/c1-3-10(2)15-13(16)12-6-4-5-11(9-12)7-8-14/h4-6,9-10H,3,7-8,14H2,1-2H3,(H,15,16). The van der Waals surface area contributed by atoms with E-state index in [4.69, 9.17) is 5.73 Å². The Morgan fingerprint density at radius 3 is 2.88 bits per heavy atom. The molecule has 1 unspecified atom stereocenters. The van der Waals surface area contributed by atoms with E-state index in [2.05, 4.69) is 12.2 Å². The normalized spacial score (nSPS) is 12.2. The third-order valence-corrected chi connectivity index (χ3v) is 2.61. The molecule has 3 N–H and O–H groups in total. The van der Waals surface area contributed by atoms with Crippen LogP contribution in [-0.2, 0) is 6.42 Å². The summed E-state index contributed by atoms with van der Waals surface area (Å²) in [5.41, 5.74) is 7.31. The average molecular weight is 220 g/mol. The van der Waals surface area contributed by atoms with Crippen LogP contribution < -0.4 is 11.1 Å². The fourth-order valence-corrected chi connectivity index (χ4v) is 1.44. The topological polar surface area (TPSA) is 55.1 Å². The zero-order valence-electron chi connectivity index (χ0n) is 9.99. The van der Waals surface area contributed by atoms with Crippen LogP contribution in [0.25, 0.3) is 0 Å². The van der Waals surface area contributed by atoms with Crippen molar-refractivity contribution in [3.8, 4) is 0 Å². The van der Waals surface area contributed by atoms with Crippen LogP contribution in [0.5, 0.6) is 0 Å². The Morgan fingerprint density at radius 2 is 2.25 bits per heavy atom. The summed E-state index contributed by atoms with van der Waals surface area (Å²) in [5.74, 6) is -0.00628. The zero-order valence-corrected chi connectivity index (χ0v) is 9.99. The highest BCUT2D eigenvalue weighted by molar-refractivity contribution is 5.94. The fraction of sp³-hybridized carbons (Fsp3) is 0.462. The van der Waals surface area contributed by atoms with Crippen molar-refractivity contribution in [3.05, 3.63) is 35.4 Å². The molecule has 1 rings (SSSR count). The van der Waals surface area contributed by atoms with Gasteiger partial charge in [0.15, 0.2) is 0 Å². The molecule has 1 aromatic rings. The molecule has 0 aliphatic carbocycles. The molecule has 0 fully saturated rings. The minimum atomic E-state index is -0.00628. The van der Waals surface area contributed by atoms with Gasteiger partial charge in [0.2, 0.25) is 0 Å². The second-order valence-electron chi connectivity index (χ2n) is 4.02. The van der Waals surface area contributed by atoms with E-state index >= 15 is 0 Å². The lowest BCUT2D eigenvalue weighted by Crippen LogP contribution is -2.31. The van der Waals surface area contributed by atoms with Crippen LogP contribution >= 0.6 is 0 Å². The highest BCUT2D eigenvalue weighted by Gasteiger charge is 2.08. The van der Waals surface area contributed by atoms with Crippen molar-refractivity contribution in [2.45, 2.75) is 32.7 Å². The largest absolute Gasteiger partial charge is 0.350 e. The molecule has 0 heterocycles. The van der Waals surface area contributed by atoms with Crippen molar-refractivity contribution >= 4 is 5.91 Å². The lowest BCUT2D eigenvalue weighted by molar-refractivity contribution is 0.0939. The summed E-state index contributed by atoms with van der Waals surface area (Å²) in [6.45, 7) is 4.66. The fourth-order valence-electron chi connectivity index (χ4n) is 1.44. The third-order valence-electron chi connectivity index (χ3n) is 2.61. The summed E-state index contributed by atoms with van der Waals surface area (Å²) in [7, 11) is 0. The van der Waals surface area contributed by atoms with Crippen LogP contribution in [0.2, 0.25) is 0 Å². The van der Waals surface area contributed by atoms with Crippen molar-refractivity contribution < 1.29 is 4.79 Å². The number of nitrogens with one attached hydrogen (secondary N) is 1. The zero-order chi connectivity index (χ0) is 12.0. The molecule has 0 radical (unpaired) electrons. The molecule has 0 aliphatic heterocycles. The van der Waals surface area contributed by atoms with E-state index in [9.17, 15) is 4.79 Å². The van der Waals surface area contributed by atoms with Gasteiger partial charge in [0.25, 0.3) is 5.91 Å². The van der Waals surface area contributed by atoms with Crippen LogP contribution in [0.4, 0.5) is 0 Å². The van der Waals surface area contributed by atoms with Crippen LogP contribution in [0, 0.1) is 0 Å². The van der Waals surface area contributed by atoms with E-state index in [-0.39, 0.29) is 11.9 Å². The maximum atomic E-state index is 11.8. The molecular formula is C13H20N2O. The minimum absolute atomic E-state index is 0.00628. The first-order valence-electron chi connectivity index (χ1n) is 5.77. The van der Waals surface area contributed by atoms with Gasteiger partial charge in [-0.1, -0.05) is 19.1 Å². The summed E-state index contributed by atoms with van der Waals surface area (Å²) in [4.78, 5) is 11.8. The number of amides is 1. The summed E-state index contributed by atoms with van der Waals surface area (Å²) < 4.78 is 0. The Hall–Kier alpha value is -1.35. The number of nitrogens with two attached hydrogens (primary N) is 1. The first-order valence-corrected chi connectivity index (χ1v) is 5.77. The van der Waals surface area contributed by atoms with Gasteiger partial charge < -0.3 is 11.1 Å². The molecule has 0 aliphatic rings. The first-order chi connectivity index (χ1) is 7.67. The first kappa shape index (κ1) is 12.7. The van der Waals surface area contributed by atoms with Crippen LogP contribution in [0.1, 0.15) is 36.2 Å². The van der Waals surface area contributed by atoms with Gasteiger partial charge in [-0.3, -0.25) is 4.79 Å². The van der Waals surface area contributed by atoms with E-state index < -0.39 is 0 Å². The molecule has 3 nitrogen and oxygen atoms in total.